The van der Waals surface area contributed by atoms with Gasteiger partial charge >= 0.3 is 0 Å². The summed E-state index contributed by atoms with van der Waals surface area (Å²) >= 11 is 6.48. The maximum Gasteiger partial charge on any atom is 0.191 e. The van der Waals surface area contributed by atoms with Gasteiger partial charge in [0.15, 0.2) is 5.96 Å². The predicted octanol–water partition coefficient (Wildman–Crippen LogP) is 3.83. The summed E-state index contributed by atoms with van der Waals surface area (Å²) in [6, 6.07) is 8.15. The van der Waals surface area contributed by atoms with E-state index in [4.69, 9.17) is 16.3 Å². The first kappa shape index (κ1) is 21.5. The minimum atomic E-state index is -0.00789. The summed E-state index contributed by atoms with van der Waals surface area (Å²) in [7, 11) is 1.81. The Morgan fingerprint density at radius 2 is 1.92 bits per heavy atom. The van der Waals surface area contributed by atoms with Crippen LogP contribution in [0.5, 0.6) is 0 Å². The van der Waals surface area contributed by atoms with Gasteiger partial charge in [0.25, 0.3) is 0 Å². The summed E-state index contributed by atoms with van der Waals surface area (Å²) in [4.78, 5) is 4.32. The van der Waals surface area contributed by atoms with E-state index in [1.807, 2.05) is 19.2 Å². The molecule has 1 fully saturated rings. The zero-order valence-corrected chi connectivity index (χ0v) is 17.9. The van der Waals surface area contributed by atoms with Crippen molar-refractivity contribution in [2.45, 2.75) is 32.1 Å². The second-order valence-electron chi connectivity index (χ2n) is 6.57. The van der Waals surface area contributed by atoms with E-state index in [1.165, 1.54) is 5.56 Å². The lowest BCUT2D eigenvalue weighted by Crippen LogP contribution is -2.48. The van der Waals surface area contributed by atoms with E-state index in [1.54, 1.807) is 0 Å². The van der Waals surface area contributed by atoms with Crippen molar-refractivity contribution in [3.8, 4) is 0 Å². The van der Waals surface area contributed by atoms with E-state index in [-0.39, 0.29) is 29.4 Å². The van der Waals surface area contributed by atoms with Crippen LogP contribution in [0.25, 0.3) is 0 Å². The van der Waals surface area contributed by atoms with Crippen LogP contribution in [0.1, 0.15) is 32.3 Å². The van der Waals surface area contributed by atoms with Gasteiger partial charge in [0.1, 0.15) is 0 Å². The summed E-state index contributed by atoms with van der Waals surface area (Å²) in [5.74, 6) is 1.42. The zero-order valence-electron chi connectivity index (χ0n) is 14.8. The molecule has 2 N–H and O–H groups in total. The maximum absolute atomic E-state index is 6.48. The summed E-state index contributed by atoms with van der Waals surface area (Å²) in [6.07, 6.45) is 1.93. The molecule has 0 aromatic heterocycles. The largest absolute Gasteiger partial charge is 0.381 e. The number of hydrogen-bond donors (Lipinski definition) is 2. The molecule has 0 aliphatic carbocycles. The molecule has 0 bridgehead atoms. The molecule has 0 amide bonds. The van der Waals surface area contributed by atoms with Crippen molar-refractivity contribution >= 4 is 41.5 Å². The Bertz CT molecular complexity index is 531. The normalized spacial score (nSPS) is 17.3. The lowest BCUT2D eigenvalue weighted by Gasteiger charge is -2.38. The first-order valence-corrected chi connectivity index (χ1v) is 8.72. The first-order valence-electron chi connectivity index (χ1n) is 8.35. The van der Waals surface area contributed by atoms with Crippen molar-refractivity contribution in [2.24, 2.45) is 10.9 Å². The van der Waals surface area contributed by atoms with Crippen LogP contribution >= 0.6 is 35.6 Å². The highest BCUT2D eigenvalue weighted by Crippen LogP contribution is 2.38. The van der Waals surface area contributed by atoms with E-state index in [0.29, 0.717) is 5.92 Å². The fourth-order valence-electron chi connectivity index (χ4n) is 2.97. The fourth-order valence-corrected chi connectivity index (χ4v) is 3.31. The monoisotopic (exact) mass is 465 g/mol. The van der Waals surface area contributed by atoms with Crippen LogP contribution in [0.15, 0.2) is 29.3 Å². The highest BCUT2D eigenvalue weighted by Gasteiger charge is 2.36. The molecular formula is C18H29ClIN3O. The Balaban J connectivity index is 0.00000288. The number of ether oxygens (including phenoxy) is 1. The standard InChI is InChI=1S/C18H28ClN3O.HI/c1-14(2)12-21-17(20-3)22-13-18(8-10-23-11-9-18)15-6-4-5-7-16(15)19;/h4-7,14H,8-13H2,1-3H3,(H2,20,21,22);1H. The summed E-state index contributed by atoms with van der Waals surface area (Å²) in [5, 5.41) is 7.69. The Labute approximate surface area is 167 Å². The molecule has 0 saturated carbocycles. The summed E-state index contributed by atoms with van der Waals surface area (Å²) in [5.41, 5.74) is 1.20. The lowest BCUT2D eigenvalue weighted by molar-refractivity contribution is 0.0514. The second kappa shape index (κ2) is 10.5. The molecule has 1 aliphatic heterocycles. The average molecular weight is 466 g/mol. The van der Waals surface area contributed by atoms with Crippen LogP contribution < -0.4 is 10.6 Å². The topological polar surface area (TPSA) is 45.7 Å². The van der Waals surface area contributed by atoms with Gasteiger partial charge in [-0.1, -0.05) is 43.6 Å². The Hall–Kier alpha value is -0.530. The number of halogens is 2. The molecule has 0 atom stereocenters. The van der Waals surface area contributed by atoms with E-state index in [9.17, 15) is 0 Å². The van der Waals surface area contributed by atoms with Gasteiger partial charge in [0, 0.05) is 43.8 Å². The molecule has 1 saturated heterocycles. The van der Waals surface area contributed by atoms with Gasteiger partial charge in [-0.15, -0.1) is 24.0 Å². The van der Waals surface area contributed by atoms with Gasteiger partial charge in [-0.2, -0.15) is 0 Å². The third kappa shape index (κ3) is 5.77. The minimum Gasteiger partial charge on any atom is -0.381 e. The molecule has 4 nitrogen and oxygen atoms in total. The lowest BCUT2D eigenvalue weighted by atomic mass is 9.74. The number of aliphatic imine (C=N–C) groups is 1. The van der Waals surface area contributed by atoms with Crippen LogP contribution in [0.3, 0.4) is 0 Å². The van der Waals surface area contributed by atoms with Crippen molar-refractivity contribution in [1.82, 2.24) is 10.6 Å². The van der Waals surface area contributed by atoms with Gasteiger partial charge in [-0.3, -0.25) is 4.99 Å². The highest BCUT2D eigenvalue weighted by molar-refractivity contribution is 14.0. The van der Waals surface area contributed by atoms with Gasteiger partial charge < -0.3 is 15.4 Å². The zero-order chi connectivity index (χ0) is 16.7. The molecule has 2 rings (SSSR count). The van der Waals surface area contributed by atoms with Crippen molar-refractivity contribution in [1.29, 1.82) is 0 Å². The molecule has 136 valence electrons. The third-order valence-corrected chi connectivity index (χ3v) is 4.72. The molecule has 0 unspecified atom stereocenters. The van der Waals surface area contributed by atoms with Gasteiger partial charge in [-0.05, 0) is 30.4 Å². The third-order valence-electron chi connectivity index (χ3n) is 4.39. The number of guanidine groups is 1. The molecule has 1 aliphatic rings. The van der Waals surface area contributed by atoms with E-state index >= 15 is 0 Å². The van der Waals surface area contributed by atoms with Crippen molar-refractivity contribution in [3.05, 3.63) is 34.9 Å². The Morgan fingerprint density at radius 1 is 1.25 bits per heavy atom. The van der Waals surface area contributed by atoms with Crippen LogP contribution in [-0.4, -0.2) is 39.3 Å². The molecule has 6 heteroatoms. The van der Waals surface area contributed by atoms with E-state index in [2.05, 4.69) is 41.6 Å². The maximum atomic E-state index is 6.48. The SMILES string of the molecule is CN=C(NCC(C)C)NCC1(c2ccccc2Cl)CCOCC1.I. The van der Waals surface area contributed by atoms with Crippen LogP contribution in [0, 0.1) is 5.92 Å². The van der Waals surface area contributed by atoms with Gasteiger partial charge in [0.2, 0.25) is 0 Å². The average Bonchev–Trinajstić information content (AvgIpc) is 2.56. The smallest absolute Gasteiger partial charge is 0.191 e. The Morgan fingerprint density at radius 3 is 2.50 bits per heavy atom. The van der Waals surface area contributed by atoms with Crippen LogP contribution in [-0.2, 0) is 10.2 Å². The minimum absolute atomic E-state index is 0. The fraction of sp³-hybridized carbons (Fsp3) is 0.611. The molecule has 1 aromatic rings. The quantitative estimate of drug-likeness (QED) is 0.395. The number of rotatable bonds is 5. The molecule has 0 spiro atoms. The van der Waals surface area contributed by atoms with E-state index < -0.39 is 0 Å². The van der Waals surface area contributed by atoms with Crippen LogP contribution in [0.2, 0.25) is 5.02 Å². The number of hydrogen-bond acceptors (Lipinski definition) is 2. The first-order chi connectivity index (χ1) is 11.1. The second-order valence-corrected chi connectivity index (χ2v) is 6.98. The van der Waals surface area contributed by atoms with Crippen LogP contribution in [0.4, 0.5) is 0 Å². The number of nitrogens with zero attached hydrogens (tertiary/aromatic N) is 1. The van der Waals surface area contributed by atoms with E-state index in [0.717, 1.165) is 50.1 Å². The summed E-state index contributed by atoms with van der Waals surface area (Å²) in [6.45, 7) is 7.61. The molecular weight excluding hydrogens is 437 g/mol. The number of nitrogens with one attached hydrogen (secondary N) is 2. The highest BCUT2D eigenvalue weighted by atomic mass is 127. The van der Waals surface area contributed by atoms with Crippen molar-refractivity contribution in [3.63, 3.8) is 0 Å². The van der Waals surface area contributed by atoms with Gasteiger partial charge in [-0.25, -0.2) is 0 Å². The molecule has 1 heterocycles. The molecule has 24 heavy (non-hydrogen) atoms. The predicted molar refractivity (Wildman–Crippen MR) is 113 cm³/mol. The van der Waals surface area contributed by atoms with Crippen molar-refractivity contribution in [2.75, 3.05) is 33.4 Å². The summed E-state index contributed by atoms with van der Waals surface area (Å²) < 4.78 is 5.58. The van der Waals surface area contributed by atoms with Gasteiger partial charge in [0.05, 0.1) is 0 Å². The molecule has 1 aromatic carbocycles. The number of benzene rings is 1. The Kier molecular flexibility index (Phi) is 9.37. The molecule has 0 radical (unpaired) electrons. The van der Waals surface area contributed by atoms with Crippen molar-refractivity contribution < 1.29 is 4.74 Å².